The first-order valence-corrected chi connectivity index (χ1v) is 5.33. The van der Waals surface area contributed by atoms with Crippen molar-refractivity contribution in [1.82, 2.24) is 4.98 Å². The van der Waals surface area contributed by atoms with Gasteiger partial charge in [0.1, 0.15) is 6.29 Å². The van der Waals surface area contributed by atoms with Crippen LogP contribution in [0.25, 0.3) is 11.1 Å². The highest BCUT2D eigenvalue weighted by molar-refractivity contribution is 5.62. The van der Waals surface area contributed by atoms with Crippen LogP contribution in [0.5, 0.6) is 0 Å². The summed E-state index contributed by atoms with van der Waals surface area (Å²) in [5.41, 5.74) is 3.46. The maximum Gasteiger partial charge on any atom is 0.120 e. The fourth-order valence-corrected chi connectivity index (χ4v) is 1.62. The highest BCUT2D eigenvalue weighted by Crippen LogP contribution is 2.18. The summed E-state index contributed by atoms with van der Waals surface area (Å²) in [6.07, 6.45) is 5.97. The van der Waals surface area contributed by atoms with Crippen LogP contribution < -0.4 is 0 Å². The van der Waals surface area contributed by atoms with E-state index in [1.807, 2.05) is 18.3 Å². The SMILES string of the molecule is O=CCCc1ccc(-c2cccnc2)cc1. The second-order valence-electron chi connectivity index (χ2n) is 3.64. The standard InChI is InChI=1S/C14H13NO/c16-10-2-3-12-5-7-13(8-6-12)14-4-1-9-15-11-14/h1,4-11H,2-3H2. The maximum absolute atomic E-state index is 10.3. The normalized spacial score (nSPS) is 10.0. The highest BCUT2D eigenvalue weighted by Gasteiger charge is 1.97. The Morgan fingerprint density at radius 2 is 1.88 bits per heavy atom. The lowest BCUT2D eigenvalue weighted by atomic mass is 10.0. The van der Waals surface area contributed by atoms with Crippen molar-refractivity contribution < 1.29 is 4.79 Å². The molecule has 0 amide bonds. The van der Waals surface area contributed by atoms with Crippen molar-refractivity contribution in [2.45, 2.75) is 12.8 Å². The molecule has 2 rings (SSSR count). The van der Waals surface area contributed by atoms with Crippen LogP contribution in [0.2, 0.25) is 0 Å². The van der Waals surface area contributed by atoms with E-state index in [9.17, 15) is 4.79 Å². The number of hydrogen-bond donors (Lipinski definition) is 0. The minimum absolute atomic E-state index is 0.590. The van der Waals surface area contributed by atoms with Gasteiger partial charge < -0.3 is 4.79 Å². The van der Waals surface area contributed by atoms with E-state index in [4.69, 9.17) is 0 Å². The van der Waals surface area contributed by atoms with Crippen molar-refractivity contribution in [2.24, 2.45) is 0 Å². The van der Waals surface area contributed by atoms with Gasteiger partial charge in [-0.05, 0) is 29.2 Å². The molecule has 16 heavy (non-hydrogen) atoms. The van der Waals surface area contributed by atoms with Gasteiger partial charge in [0.05, 0.1) is 0 Å². The van der Waals surface area contributed by atoms with Crippen LogP contribution in [-0.4, -0.2) is 11.3 Å². The first-order valence-electron chi connectivity index (χ1n) is 5.33. The Balaban J connectivity index is 2.16. The summed E-state index contributed by atoms with van der Waals surface area (Å²) in [4.78, 5) is 14.3. The van der Waals surface area contributed by atoms with E-state index < -0.39 is 0 Å². The van der Waals surface area contributed by atoms with Crippen molar-refractivity contribution in [3.05, 3.63) is 54.4 Å². The number of rotatable bonds is 4. The molecule has 80 valence electrons. The predicted molar refractivity (Wildman–Crippen MR) is 64.1 cm³/mol. The van der Waals surface area contributed by atoms with Gasteiger partial charge in [0.15, 0.2) is 0 Å². The number of aryl methyl sites for hydroxylation is 1. The first-order chi connectivity index (χ1) is 7.90. The van der Waals surface area contributed by atoms with Gasteiger partial charge in [-0.3, -0.25) is 4.98 Å². The summed E-state index contributed by atoms with van der Waals surface area (Å²) in [5.74, 6) is 0. The molecule has 2 aromatic rings. The van der Waals surface area contributed by atoms with E-state index in [0.717, 1.165) is 23.8 Å². The van der Waals surface area contributed by atoms with Crippen molar-refractivity contribution in [1.29, 1.82) is 0 Å². The summed E-state index contributed by atoms with van der Waals surface area (Å²) >= 11 is 0. The van der Waals surface area contributed by atoms with Gasteiger partial charge in [-0.1, -0.05) is 30.3 Å². The zero-order chi connectivity index (χ0) is 11.2. The summed E-state index contributed by atoms with van der Waals surface area (Å²) in [7, 11) is 0. The van der Waals surface area contributed by atoms with E-state index >= 15 is 0 Å². The molecule has 0 bridgehead atoms. The quantitative estimate of drug-likeness (QED) is 0.728. The molecule has 0 unspecified atom stereocenters. The van der Waals surface area contributed by atoms with E-state index in [1.165, 1.54) is 5.56 Å². The molecule has 0 saturated heterocycles. The first kappa shape index (κ1) is 10.6. The number of aldehydes is 1. The van der Waals surface area contributed by atoms with Gasteiger partial charge in [0.2, 0.25) is 0 Å². The smallest absolute Gasteiger partial charge is 0.120 e. The van der Waals surface area contributed by atoms with Crippen LogP contribution in [-0.2, 0) is 11.2 Å². The van der Waals surface area contributed by atoms with Crippen molar-refractivity contribution in [3.63, 3.8) is 0 Å². The molecule has 2 nitrogen and oxygen atoms in total. The predicted octanol–water partition coefficient (Wildman–Crippen LogP) is 2.88. The third-order valence-corrected chi connectivity index (χ3v) is 2.50. The average molecular weight is 211 g/mol. The fraction of sp³-hybridized carbons (Fsp3) is 0.143. The number of carbonyl (C=O) groups is 1. The van der Waals surface area contributed by atoms with Crippen molar-refractivity contribution in [2.75, 3.05) is 0 Å². The van der Waals surface area contributed by atoms with Crippen molar-refractivity contribution >= 4 is 6.29 Å². The van der Waals surface area contributed by atoms with Gasteiger partial charge >= 0.3 is 0 Å². The number of nitrogens with zero attached hydrogens (tertiary/aromatic N) is 1. The number of carbonyl (C=O) groups excluding carboxylic acids is 1. The van der Waals surface area contributed by atoms with E-state index in [2.05, 4.69) is 29.2 Å². The van der Waals surface area contributed by atoms with E-state index in [-0.39, 0.29) is 0 Å². The fourth-order valence-electron chi connectivity index (χ4n) is 1.62. The van der Waals surface area contributed by atoms with Crippen LogP contribution in [0.1, 0.15) is 12.0 Å². The molecule has 0 aliphatic heterocycles. The zero-order valence-electron chi connectivity index (χ0n) is 8.97. The minimum atomic E-state index is 0.590. The monoisotopic (exact) mass is 211 g/mol. The Kier molecular flexibility index (Phi) is 3.44. The lowest BCUT2D eigenvalue weighted by Crippen LogP contribution is -1.86. The molecule has 1 heterocycles. The minimum Gasteiger partial charge on any atom is -0.303 e. The largest absolute Gasteiger partial charge is 0.303 e. The summed E-state index contributed by atoms with van der Waals surface area (Å²) in [6, 6.07) is 12.2. The van der Waals surface area contributed by atoms with E-state index in [0.29, 0.717) is 6.42 Å². The van der Waals surface area contributed by atoms with Crippen molar-refractivity contribution in [3.8, 4) is 11.1 Å². The average Bonchev–Trinajstić information content (AvgIpc) is 2.38. The summed E-state index contributed by atoms with van der Waals surface area (Å²) < 4.78 is 0. The van der Waals surface area contributed by atoms with Crippen LogP contribution in [0.15, 0.2) is 48.8 Å². The lowest BCUT2D eigenvalue weighted by Gasteiger charge is -2.02. The lowest BCUT2D eigenvalue weighted by molar-refractivity contribution is -0.107. The number of benzene rings is 1. The highest BCUT2D eigenvalue weighted by atomic mass is 16.1. The zero-order valence-corrected chi connectivity index (χ0v) is 8.97. The topological polar surface area (TPSA) is 30.0 Å². The molecule has 0 N–H and O–H groups in total. The molecule has 2 heteroatoms. The Morgan fingerprint density at radius 1 is 1.06 bits per heavy atom. The Labute approximate surface area is 95.0 Å². The van der Waals surface area contributed by atoms with Gasteiger partial charge in [0.25, 0.3) is 0 Å². The Hall–Kier alpha value is -1.96. The molecular weight excluding hydrogens is 198 g/mol. The van der Waals surface area contributed by atoms with Gasteiger partial charge in [-0.2, -0.15) is 0 Å². The molecule has 1 aromatic heterocycles. The van der Waals surface area contributed by atoms with Gasteiger partial charge in [-0.25, -0.2) is 0 Å². The van der Waals surface area contributed by atoms with Crippen LogP contribution in [0.3, 0.4) is 0 Å². The van der Waals surface area contributed by atoms with E-state index in [1.54, 1.807) is 6.20 Å². The molecule has 0 aliphatic rings. The second-order valence-corrected chi connectivity index (χ2v) is 3.64. The number of pyridine rings is 1. The van der Waals surface area contributed by atoms with Gasteiger partial charge in [-0.15, -0.1) is 0 Å². The molecule has 0 fully saturated rings. The number of aromatic nitrogens is 1. The van der Waals surface area contributed by atoms with Crippen LogP contribution in [0, 0.1) is 0 Å². The van der Waals surface area contributed by atoms with Crippen LogP contribution >= 0.6 is 0 Å². The summed E-state index contributed by atoms with van der Waals surface area (Å²) in [5, 5.41) is 0. The molecule has 1 aromatic carbocycles. The summed E-state index contributed by atoms with van der Waals surface area (Å²) in [6.45, 7) is 0. The third kappa shape index (κ3) is 2.54. The second kappa shape index (κ2) is 5.21. The van der Waals surface area contributed by atoms with Crippen LogP contribution in [0.4, 0.5) is 0 Å². The third-order valence-electron chi connectivity index (χ3n) is 2.50. The molecule has 0 spiro atoms. The van der Waals surface area contributed by atoms with Gasteiger partial charge in [0, 0.05) is 18.8 Å². The Morgan fingerprint density at radius 3 is 2.50 bits per heavy atom. The maximum atomic E-state index is 10.3. The molecule has 0 aliphatic carbocycles. The molecule has 0 atom stereocenters. The molecule has 0 saturated carbocycles. The molecule has 0 radical (unpaired) electrons. The Bertz CT molecular complexity index is 448. The molecular formula is C14H13NO. The number of hydrogen-bond acceptors (Lipinski definition) is 2.